The first-order valence-corrected chi connectivity index (χ1v) is 4.71. The number of phenolic OH excluding ortho intramolecular Hbond substituents is 1. The van der Waals surface area contributed by atoms with Crippen LogP contribution in [0.15, 0.2) is 12.1 Å². The van der Waals surface area contributed by atoms with Crippen molar-refractivity contribution in [1.29, 1.82) is 0 Å². The molecule has 0 unspecified atom stereocenters. The smallest absolute Gasteiger partial charge is 0.224 e. The number of aryl methyl sites for hydroxylation is 1. The van der Waals surface area contributed by atoms with Crippen LogP contribution in [0, 0.1) is 6.92 Å². The first-order valence-electron chi connectivity index (χ1n) is 4.33. The molecule has 4 heteroatoms. The lowest BCUT2D eigenvalue weighted by atomic mass is 10.2. The summed E-state index contributed by atoms with van der Waals surface area (Å²) in [5.41, 5.74) is 1.01. The van der Waals surface area contributed by atoms with E-state index in [9.17, 15) is 9.90 Å². The quantitative estimate of drug-likeness (QED) is 0.743. The number of benzene rings is 1. The second-order valence-corrected chi connectivity index (χ2v) is 3.46. The molecule has 1 aromatic carbocycles. The third-order valence-corrected chi connectivity index (χ3v) is 2.08. The van der Waals surface area contributed by atoms with Crippen LogP contribution in [0.1, 0.15) is 18.9 Å². The number of phenols is 1. The summed E-state index contributed by atoms with van der Waals surface area (Å²) in [5, 5.41) is 12.7. The molecule has 1 rings (SSSR count). The van der Waals surface area contributed by atoms with Crippen LogP contribution in [0.4, 0.5) is 5.69 Å². The highest BCUT2D eigenvalue weighted by Crippen LogP contribution is 2.30. The summed E-state index contributed by atoms with van der Waals surface area (Å²) in [5.74, 6) is -0.0850. The fraction of sp³-hybridized carbons (Fsp3) is 0.300. The van der Waals surface area contributed by atoms with Crippen LogP contribution in [0.25, 0.3) is 0 Å². The average Bonchev–Trinajstić information content (AvgIpc) is 2.13. The highest BCUT2D eigenvalue weighted by Gasteiger charge is 2.08. The van der Waals surface area contributed by atoms with E-state index in [2.05, 4.69) is 5.32 Å². The maximum Gasteiger partial charge on any atom is 0.224 e. The van der Waals surface area contributed by atoms with E-state index in [0.29, 0.717) is 22.7 Å². The summed E-state index contributed by atoms with van der Waals surface area (Å²) in [7, 11) is 0. The highest BCUT2D eigenvalue weighted by molar-refractivity contribution is 6.31. The molecule has 3 nitrogen and oxygen atoms in total. The predicted molar refractivity (Wildman–Crippen MR) is 56.8 cm³/mol. The highest BCUT2D eigenvalue weighted by atomic mass is 35.5. The van der Waals surface area contributed by atoms with E-state index < -0.39 is 0 Å². The Bertz CT molecular complexity index is 363. The van der Waals surface area contributed by atoms with Crippen LogP contribution in [0.3, 0.4) is 0 Å². The Morgan fingerprint density at radius 3 is 2.79 bits per heavy atom. The number of amides is 1. The zero-order valence-corrected chi connectivity index (χ0v) is 8.85. The van der Waals surface area contributed by atoms with Gasteiger partial charge in [-0.1, -0.05) is 18.5 Å². The Labute approximate surface area is 87.7 Å². The number of halogens is 1. The lowest BCUT2D eigenvalue weighted by molar-refractivity contribution is -0.115. The Morgan fingerprint density at radius 2 is 2.21 bits per heavy atom. The Balaban J connectivity index is 3.02. The van der Waals surface area contributed by atoms with E-state index in [1.807, 2.05) is 0 Å². The minimum atomic E-state index is -0.151. The molecule has 0 saturated carbocycles. The molecule has 0 aromatic heterocycles. The van der Waals surface area contributed by atoms with Gasteiger partial charge in [0.1, 0.15) is 5.75 Å². The van der Waals surface area contributed by atoms with Crippen LogP contribution >= 0.6 is 11.6 Å². The molecule has 1 aromatic rings. The van der Waals surface area contributed by atoms with E-state index in [-0.39, 0.29) is 11.7 Å². The monoisotopic (exact) mass is 213 g/mol. The number of nitrogens with one attached hydrogen (secondary N) is 1. The van der Waals surface area contributed by atoms with Gasteiger partial charge in [0.15, 0.2) is 0 Å². The minimum absolute atomic E-state index is 0.0659. The fourth-order valence-electron chi connectivity index (χ4n) is 1.07. The lowest BCUT2D eigenvalue weighted by Crippen LogP contribution is -2.09. The van der Waals surface area contributed by atoms with E-state index in [0.717, 1.165) is 0 Å². The normalized spacial score (nSPS) is 9.93. The summed E-state index contributed by atoms with van der Waals surface area (Å²) in [6.07, 6.45) is 0.366. The molecule has 0 aliphatic rings. The molecular formula is C10H12ClNO2. The predicted octanol–water partition coefficient (Wildman–Crippen LogP) is 2.70. The zero-order valence-electron chi connectivity index (χ0n) is 8.10. The van der Waals surface area contributed by atoms with Crippen LogP contribution < -0.4 is 5.32 Å². The van der Waals surface area contributed by atoms with Crippen molar-refractivity contribution in [2.75, 3.05) is 5.32 Å². The number of hydrogen-bond donors (Lipinski definition) is 2. The van der Waals surface area contributed by atoms with E-state index in [1.165, 1.54) is 6.07 Å². The van der Waals surface area contributed by atoms with Gasteiger partial charge in [0, 0.05) is 11.4 Å². The first kappa shape index (κ1) is 10.9. The number of carbonyl (C=O) groups is 1. The molecule has 0 radical (unpaired) electrons. The van der Waals surface area contributed by atoms with Crippen molar-refractivity contribution in [3.8, 4) is 5.75 Å². The van der Waals surface area contributed by atoms with Gasteiger partial charge in [0.25, 0.3) is 0 Å². The molecule has 0 aliphatic heterocycles. The van der Waals surface area contributed by atoms with Crippen molar-refractivity contribution in [2.45, 2.75) is 20.3 Å². The summed E-state index contributed by atoms with van der Waals surface area (Å²) in [4.78, 5) is 11.1. The van der Waals surface area contributed by atoms with Gasteiger partial charge in [-0.2, -0.15) is 0 Å². The van der Waals surface area contributed by atoms with Gasteiger partial charge in [-0.15, -0.1) is 0 Å². The van der Waals surface area contributed by atoms with Gasteiger partial charge < -0.3 is 10.4 Å². The van der Waals surface area contributed by atoms with Crippen LogP contribution in [-0.2, 0) is 4.79 Å². The van der Waals surface area contributed by atoms with Gasteiger partial charge in [-0.05, 0) is 24.6 Å². The van der Waals surface area contributed by atoms with E-state index in [4.69, 9.17) is 11.6 Å². The van der Waals surface area contributed by atoms with Crippen molar-refractivity contribution in [3.63, 3.8) is 0 Å². The average molecular weight is 214 g/mol. The lowest BCUT2D eigenvalue weighted by Gasteiger charge is -2.08. The number of rotatable bonds is 2. The second-order valence-electron chi connectivity index (χ2n) is 3.02. The largest absolute Gasteiger partial charge is 0.505 e. The van der Waals surface area contributed by atoms with Crippen LogP contribution in [-0.4, -0.2) is 11.0 Å². The molecule has 0 bridgehead atoms. The molecule has 76 valence electrons. The third-order valence-electron chi connectivity index (χ3n) is 1.86. The van der Waals surface area contributed by atoms with Crippen LogP contribution in [0.5, 0.6) is 5.75 Å². The van der Waals surface area contributed by atoms with Gasteiger partial charge in [-0.25, -0.2) is 0 Å². The van der Waals surface area contributed by atoms with E-state index in [1.54, 1.807) is 19.9 Å². The van der Waals surface area contributed by atoms with Crippen LogP contribution in [0.2, 0.25) is 5.02 Å². The van der Waals surface area contributed by atoms with Gasteiger partial charge in [0.2, 0.25) is 5.91 Å². The maximum atomic E-state index is 11.1. The minimum Gasteiger partial charge on any atom is -0.505 e. The molecule has 1 amide bonds. The molecular weight excluding hydrogens is 202 g/mol. The molecule has 0 atom stereocenters. The van der Waals surface area contributed by atoms with Gasteiger partial charge in [0.05, 0.1) is 5.69 Å². The second kappa shape index (κ2) is 4.33. The summed E-state index contributed by atoms with van der Waals surface area (Å²) < 4.78 is 0. The van der Waals surface area contributed by atoms with Crippen molar-refractivity contribution >= 4 is 23.2 Å². The number of hydrogen-bond acceptors (Lipinski definition) is 2. The summed E-state index contributed by atoms with van der Waals surface area (Å²) >= 11 is 5.79. The fourth-order valence-corrected chi connectivity index (χ4v) is 1.34. The third kappa shape index (κ3) is 2.39. The summed E-state index contributed by atoms with van der Waals surface area (Å²) in [6, 6.07) is 3.16. The van der Waals surface area contributed by atoms with Gasteiger partial charge in [-0.3, -0.25) is 4.79 Å². The Kier molecular flexibility index (Phi) is 3.36. The standard InChI is InChI=1S/C10H12ClNO2/c1-3-9(13)12-8-5-7(11)4-6(2)10(8)14/h4-5,14H,3H2,1-2H3,(H,12,13). The summed E-state index contributed by atoms with van der Waals surface area (Å²) in [6.45, 7) is 3.46. The van der Waals surface area contributed by atoms with E-state index >= 15 is 0 Å². The molecule has 0 heterocycles. The Hall–Kier alpha value is -1.22. The van der Waals surface area contributed by atoms with Gasteiger partial charge >= 0.3 is 0 Å². The SMILES string of the molecule is CCC(=O)Nc1cc(Cl)cc(C)c1O. The first-order chi connectivity index (χ1) is 6.54. The van der Waals surface area contributed by atoms with Crippen molar-refractivity contribution < 1.29 is 9.90 Å². The Morgan fingerprint density at radius 1 is 1.57 bits per heavy atom. The zero-order chi connectivity index (χ0) is 10.7. The maximum absolute atomic E-state index is 11.1. The molecule has 14 heavy (non-hydrogen) atoms. The van der Waals surface area contributed by atoms with Crippen molar-refractivity contribution in [1.82, 2.24) is 0 Å². The molecule has 0 saturated heterocycles. The van der Waals surface area contributed by atoms with Crippen molar-refractivity contribution in [2.24, 2.45) is 0 Å². The topological polar surface area (TPSA) is 49.3 Å². The number of anilines is 1. The van der Waals surface area contributed by atoms with Crippen molar-refractivity contribution in [3.05, 3.63) is 22.7 Å². The molecule has 0 spiro atoms. The molecule has 2 N–H and O–H groups in total. The molecule has 0 aliphatic carbocycles. The number of carbonyl (C=O) groups excluding carboxylic acids is 1. The molecule has 0 fully saturated rings. The number of aromatic hydroxyl groups is 1.